The summed E-state index contributed by atoms with van der Waals surface area (Å²) in [5.41, 5.74) is 0.213. The zero-order valence-corrected chi connectivity index (χ0v) is 20.0. The zero-order valence-electron chi connectivity index (χ0n) is 19.2. The van der Waals surface area contributed by atoms with Crippen LogP contribution in [0.2, 0.25) is 5.02 Å². The molecule has 0 aromatic heterocycles. The average molecular weight is 492 g/mol. The van der Waals surface area contributed by atoms with Gasteiger partial charge in [0, 0.05) is 18.8 Å². The molecule has 0 bridgehead atoms. The van der Waals surface area contributed by atoms with Gasteiger partial charge in [0.05, 0.1) is 11.6 Å². The van der Waals surface area contributed by atoms with E-state index in [1.807, 2.05) is 30.3 Å². The minimum Gasteiger partial charge on any atom is -0.445 e. The van der Waals surface area contributed by atoms with Crippen LogP contribution in [0.25, 0.3) is 0 Å². The third kappa shape index (κ3) is 6.84. The van der Waals surface area contributed by atoms with E-state index < -0.39 is 35.6 Å². The van der Waals surface area contributed by atoms with Gasteiger partial charge in [-0.3, -0.25) is 9.69 Å². The molecule has 2 aromatic rings. The van der Waals surface area contributed by atoms with Crippen LogP contribution in [0, 0.1) is 5.82 Å². The summed E-state index contributed by atoms with van der Waals surface area (Å²) in [7, 11) is 0. The van der Waals surface area contributed by atoms with Crippen molar-refractivity contribution in [2.45, 2.75) is 39.0 Å². The van der Waals surface area contributed by atoms with Crippen molar-refractivity contribution in [1.29, 1.82) is 0 Å². The van der Waals surface area contributed by atoms with Gasteiger partial charge in [-0.1, -0.05) is 41.9 Å². The number of anilines is 1. The van der Waals surface area contributed by atoms with Crippen molar-refractivity contribution in [3.63, 3.8) is 0 Å². The molecule has 1 aliphatic rings. The van der Waals surface area contributed by atoms with Gasteiger partial charge in [-0.25, -0.2) is 14.0 Å². The molecule has 0 saturated carbocycles. The van der Waals surface area contributed by atoms with E-state index in [2.05, 4.69) is 5.32 Å². The number of benzene rings is 2. The van der Waals surface area contributed by atoms with Crippen molar-refractivity contribution in [1.82, 2.24) is 9.80 Å². The van der Waals surface area contributed by atoms with Crippen LogP contribution >= 0.6 is 11.6 Å². The quantitative estimate of drug-likeness (QED) is 0.671. The minimum atomic E-state index is -1.08. The predicted molar refractivity (Wildman–Crippen MR) is 125 cm³/mol. The van der Waals surface area contributed by atoms with Gasteiger partial charge in [0.15, 0.2) is 0 Å². The second-order valence-electron chi connectivity index (χ2n) is 8.79. The maximum Gasteiger partial charge on any atom is 0.411 e. The standard InChI is InChI=1S/C24H27ClFN3O5/c1-24(2,3)34-23(32)29-12-11-28(22(31)33-15-16-7-5-4-6-8-16)14-20(29)21(30)27-17-9-10-18(25)19(26)13-17/h4-10,13,20H,11-12,14-15H2,1-3H3,(H,27,30). The lowest BCUT2D eigenvalue weighted by Crippen LogP contribution is -2.61. The van der Waals surface area contributed by atoms with Gasteiger partial charge in [0.2, 0.25) is 5.91 Å². The molecule has 1 saturated heterocycles. The molecule has 0 aliphatic carbocycles. The summed E-state index contributed by atoms with van der Waals surface area (Å²) in [6.45, 7) is 5.32. The van der Waals surface area contributed by atoms with Crippen LogP contribution in [-0.2, 0) is 20.9 Å². The van der Waals surface area contributed by atoms with Gasteiger partial charge in [-0.2, -0.15) is 0 Å². The molecule has 3 amide bonds. The van der Waals surface area contributed by atoms with Crippen molar-refractivity contribution >= 4 is 35.4 Å². The van der Waals surface area contributed by atoms with Gasteiger partial charge in [0.1, 0.15) is 24.1 Å². The van der Waals surface area contributed by atoms with E-state index >= 15 is 0 Å². The fourth-order valence-corrected chi connectivity index (χ4v) is 3.44. The van der Waals surface area contributed by atoms with E-state index in [1.165, 1.54) is 21.9 Å². The number of rotatable bonds is 4. The van der Waals surface area contributed by atoms with Gasteiger partial charge in [-0.15, -0.1) is 0 Å². The Bertz CT molecular complexity index is 1040. The number of hydrogen-bond donors (Lipinski definition) is 1. The van der Waals surface area contributed by atoms with E-state index in [4.69, 9.17) is 21.1 Å². The van der Waals surface area contributed by atoms with Crippen molar-refractivity contribution < 1.29 is 28.2 Å². The van der Waals surface area contributed by atoms with Crippen LogP contribution in [0.15, 0.2) is 48.5 Å². The van der Waals surface area contributed by atoms with Gasteiger partial charge in [0.25, 0.3) is 0 Å². The molecule has 10 heteroatoms. The largest absolute Gasteiger partial charge is 0.445 e. The summed E-state index contributed by atoms with van der Waals surface area (Å²) in [6.07, 6.45) is -1.30. The Morgan fingerprint density at radius 3 is 2.44 bits per heavy atom. The maximum atomic E-state index is 13.8. The number of nitrogens with one attached hydrogen (secondary N) is 1. The molecule has 1 heterocycles. The van der Waals surface area contributed by atoms with Crippen LogP contribution < -0.4 is 5.32 Å². The third-order valence-electron chi connectivity index (χ3n) is 4.96. The average Bonchev–Trinajstić information content (AvgIpc) is 2.79. The van der Waals surface area contributed by atoms with Crippen LogP contribution in [0.1, 0.15) is 26.3 Å². The highest BCUT2D eigenvalue weighted by molar-refractivity contribution is 6.30. The number of ether oxygens (including phenoxy) is 2. The number of carbonyl (C=O) groups excluding carboxylic acids is 3. The number of amides is 3. The first-order valence-corrected chi connectivity index (χ1v) is 11.1. The number of nitrogens with zero attached hydrogens (tertiary/aromatic N) is 2. The Labute approximate surface area is 202 Å². The van der Waals surface area contributed by atoms with Gasteiger partial charge < -0.3 is 19.7 Å². The SMILES string of the molecule is CC(C)(C)OC(=O)N1CCN(C(=O)OCc2ccccc2)CC1C(=O)Nc1ccc(Cl)c(F)c1. The number of halogens is 2. The Hall–Kier alpha value is -3.33. The summed E-state index contributed by atoms with van der Waals surface area (Å²) in [6, 6.07) is 11.9. The topological polar surface area (TPSA) is 88.2 Å². The number of carbonyl (C=O) groups is 3. The second-order valence-corrected chi connectivity index (χ2v) is 9.20. The summed E-state index contributed by atoms with van der Waals surface area (Å²) >= 11 is 5.70. The predicted octanol–water partition coefficient (Wildman–Crippen LogP) is 4.68. The molecule has 2 aromatic carbocycles. The lowest BCUT2D eigenvalue weighted by molar-refractivity contribution is -0.123. The zero-order chi connectivity index (χ0) is 24.9. The van der Waals surface area contributed by atoms with E-state index in [1.54, 1.807) is 20.8 Å². The Balaban J connectivity index is 1.73. The van der Waals surface area contributed by atoms with Crippen molar-refractivity contribution in [2.24, 2.45) is 0 Å². The molecule has 182 valence electrons. The fraction of sp³-hybridized carbons (Fsp3) is 0.375. The Morgan fingerprint density at radius 1 is 1.09 bits per heavy atom. The van der Waals surface area contributed by atoms with E-state index in [-0.39, 0.29) is 37.0 Å². The molecule has 0 radical (unpaired) electrons. The molecule has 1 unspecified atom stereocenters. The van der Waals surface area contributed by atoms with Crippen molar-refractivity contribution in [3.05, 3.63) is 64.9 Å². The number of hydrogen-bond acceptors (Lipinski definition) is 5. The van der Waals surface area contributed by atoms with E-state index in [0.717, 1.165) is 11.6 Å². The van der Waals surface area contributed by atoms with Crippen LogP contribution in [0.4, 0.5) is 19.7 Å². The summed E-state index contributed by atoms with van der Waals surface area (Å²) < 4.78 is 24.6. The monoisotopic (exact) mass is 491 g/mol. The minimum absolute atomic E-state index is 0.0580. The molecule has 8 nitrogen and oxygen atoms in total. The molecule has 3 rings (SSSR count). The first-order chi connectivity index (χ1) is 16.0. The second kappa shape index (κ2) is 10.7. The fourth-order valence-electron chi connectivity index (χ4n) is 3.32. The molecule has 1 fully saturated rings. The molecule has 1 N–H and O–H groups in total. The molecular formula is C24H27ClFN3O5. The third-order valence-corrected chi connectivity index (χ3v) is 5.27. The van der Waals surface area contributed by atoms with Crippen LogP contribution in [0.3, 0.4) is 0 Å². The Morgan fingerprint density at radius 2 is 1.79 bits per heavy atom. The number of piperazine rings is 1. The van der Waals surface area contributed by atoms with Crippen LogP contribution in [-0.4, -0.2) is 59.2 Å². The summed E-state index contributed by atoms with van der Waals surface area (Å²) in [4.78, 5) is 41.1. The lowest BCUT2D eigenvalue weighted by Gasteiger charge is -2.40. The van der Waals surface area contributed by atoms with E-state index in [0.29, 0.717) is 0 Å². The first-order valence-electron chi connectivity index (χ1n) is 10.7. The maximum absolute atomic E-state index is 13.8. The smallest absolute Gasteiger partial charge is 0.411 e. The summed E-state index contributed by atoms with van der Waals surface area (Å²) in [5.74, 6) is -1.30. The van der Waals surface area contributed by atoms with E-state index in [9.17, 15) is 18.8 Å². The van der Waals surface area contributed by atoms with Crippen LogP contribution in [0.5, 0.6) is 0 Å². The van der Waals surface area contributed by atoms with Gasteiger partial charge in [-0.05, 0) is 44.5 Å². The summed E-state index contributed by atoms with van der Waals surface area (Å²) in [5, 5.41) is 2.49. The molecule has 1 atom stereocenters. The highest BCUT2D eigenvalue weighted by atomic mass is 35.5. The first kappa shape index (κ1) is 25.3. The van der Waals surface area contributed by atoms with Crippen molar-refractivity contribution in [2.75, 3.05) is 25.0 Å². The molecular weight excluding hydrogens is 465 g/mol. The van der Waals surface area contributed by atoms with Gasteiger partial charge >= 0.3 is 12.2 Å². The van der Waals surface area contributed by atoms with Crippen molar-refractivity contribution in [3.8, 4) is 0 Å². The Kier molecular flexibility index (Phi) is 7.98. The highest BCUT2D eigenvalue weighted by Crippen LogP contribution is 2.21. The molecule has 0 spiro atoms. The molecule has 34 heavy (non-hydrogen) atoms. The normalized spacial score (nSPS) is 16.1. The lowest BCUT2D eigenvalue weighted by atomic mass is 10.1. The molecule has 1 aliphatic heterocycles. The highest BCUT2D eigenvalue weighted by Gasteiger charge is 2.39.